The monoisotopic (exact) mass is 987 g/mol. The van der Waals surface area contributed by atoms with Crippen LogP contribution in [-0.2, 0) is 28.6 Å². The Hall–Kier alpha value is -3.67. The third-order valence-corrected chi connectivity index (χ3v) is 12.6. The van der Waals surface area contributed by atoms with Crippen LogP contribution in [0.15, 0.2) is 97.2 Å². The minimum Gasteiger partial charge on any atom is -0.462 e. The molecule has 6 nitrogen and oxygen atoms in total. The van der Waals surface area contributed by atoms with Gasteiger partial charge in [0, 0.05) is 19.3 Å². The lowest BCUT2D eigenvalue weighted by molar-refractivity contribution is -0.167. The zero-order chi connectivity index (χ0) is 51.4. The van der Waals surface area contributed by atoms with Gasteiger partial charge in [0.05, 0.1) is 0 Å². The van der Waals surface area contributed by atoms with E-state index in [0.29, 0.717) is 19.3 Å². The van der Waals surface area contributed by atoms with Gasteiger partial charge in [-0.05, 0) is 103 Å². The summed E-state index contributed by atoms with van der Waals surface area (Å²) in [5.74, 6) is -0.903. The van der Waals surface area contributed by atoms with Gasteiger partial charge in [-0.2, -0.15) is 0 Å². The lowest BCUT2D eigenvalue weighted by atomic mass is 10.1. The first-order chi connectivity index (χ1) is 35.0. The maximum Gasteiger partial charge on any atom is 0.306 e. The highest BCUT2D eigenvalue weighted by atomic mass is 16.6. The quantitative estimate of drug-likeness (QED) is 0.0261. The number of esters is 3. The highest BCUT2D eigenvalue weighted by Crippen LogP contribution is 2.15. The Bertz CT molecular complexity index is 1410. The Morgan fingerprint density at radius 3 is 0.873 bits per heavy atom. The summed E-state index contributed by atoms with van der Waals surface area (Å²) < 4.78 is 16.8. The van der Waals surface area contributed by atoms with E-state index in [1.807, 2.05) is 0 Å². The third-order valence-electron chi connectivity index (χ3n) is 12.6. The predicted molar refractivity (Wildman–Crippen MR) is 307 cm³/mol. The molecule has 0 fully saturated rings. The van der Waals surface area contributed by atoms with Gasteiger partial charge >= 0.3 is 17.9 Å². The third kappa shape index (κ3) is 57.1. The van der Waals surface area contributed by atoms with Crippen molar-refractivity contribution in [3.05, 3.63) is 97.2 Å². The summed E-state index contributed by atoms with van der Waals surface area (Å²) in [5, 5.41) is 0. The van der Waals surface area contributed by atoms with Crippen LogP contribution in [0.5, 0.6) is 0 Å². The zero-order valence-corrected chi connectivity index (χ0v) is 46.5. The van der Waals surface area contributed by atoms with Crippen molar-refractivity contribution < 1.29 is 28.6 Å². The first-order valence-corrected chi connectivity index (χ1v) is 29.7. The van der Waals surface area contributed by atoms with Gasteiger partial charge in [-0.1, -0.05) is 253 Å². The van der Waals surface area contributed by atoms with Crippen LogP contribution in [-0.4, -0.2) is 37.2 Å². The van der Waals surface area contributed by atoms with E-state index < -0.39 is 6.10 Å². The molecule has 71 heavy (non-hydrogen) atoms. The lowest BCUT2D eigenvalue weighted by Crippen LogP contribution is -2.30. The zero-order valence-electron chi connectivity index (χ0n) is 46.5. The standard InChI is InChI=1S/C65H110O6/c1-4-7-10-13-16-19-21-23-25-27-28-29-30-31-32-33-34-35-36-37-38-39-41-42-44-46-49-52-55-58-64(67)70-61-62(60-69-63(66)57-54-51-48-18-15-12-9-6-3)71-65(68)59-56-53-50-47-45-43-40-26-24-22-20-17-14-11-8-5-2/h7,10,16,19,23,25-26,28-29,31-32,34-35,37-38,40,62H,4-6,8-9,11-15,17-18,20-22,24,27,30,33,36,39,41-61H2,1-3H3/b10-7-,19-16-,25-23-,29-28-,32-31-,35-34-,38-37-,40-26-. The van der Waals surface area contributed by atoms with E-state index in [2.05, 4.69) is 118 Å². The molecule has 6 heteroatoms. The van der Waals surface area contributed by atoms with Crippen molar-refractivity contribution in [1.82, 2.24) is 0 Å². The summed E-state index contributed by atoms with van der Waals surface area (Å²) in [7, 11) is 0. The van der Waals surface area contributed by atoms with Gasteiger partial charge in [0.1, 0.15) is 13.2 Å². The van der Waals surface area contributed by atoms with E-state index in [0.717, 1.165) is 122 Å². The van der Waals surface area contributed by atoms with Crippen molar-refractivity contribution in [3.8, 4) is 0 Å². The van der Waals surface area contributed by atoms with Gasteiger partial charge in [0.25, 0.3) is 0 Å². The molecule has 0 aliphatic heterocycles. The number of allylic oxidation sites excluding steroid dienone is 16. The Morgan fingerprint density at radius 2 is 0.549 bits per heavy atom. The molecule has 0 amide bonds. The van der Waals surface area contributed by atoms with Crippen LogP contribution in [0.4, 0.5) is 0 Å². The second-order valence-corrected chi connectivity index (χ2v) is 19.5. The van der Waals surface area contributed by atoms with E-state index in [9.17, 15) is 14.4 Å². The Labute approximate surface area is 438 Å². The average Bonchev–Trinajstić information content (AvgIpc) is 3.37. The molecular formula is C65H110O6. The molecule has 406 valence electrons. The Balaban J connectivity index is 4.22. The van der Waals surface area contributed by atoms with Crippen molar-refractivity contribution in [2.75, 3.05) is 13.2 Å². The minimum absolute atomic E-state index is 0.0827. The molecule has 0 aliphatic rings. The molecular weight excluding hydrogens is 877 g/mol. The molecule has 1 unspecified atom stereocenters. The average molecular weight is 988 g/mol. The second kappa shape index (κ2) is 58.9. The smallest absolute Gasteiger partial charge is 0.306 e. The topological polar surface area (TPSA) is 78.9 Å². The molecule has 0 bridgehead atoms. The molecule has 0 aromatic rings. The van der Waals surface area contributed by atoms with Crippen molar-refractivity contribution in [3.63, 3.8) is 0 Å². The minimum atomic E-state index is -0.784. The number of ether oxygens (including phenoxy) is 3. The van der Waals surface area contributed by atoms with Crippen LogP contribution >= 0.6 is 0 Å². The normalized spacial score (nSPS) is 12.8. The van der Waals surface area contributed by atoms with Crippen LogP contribution in [0, 0.1) is 0 Å². The van der Waals surface area contributed by atoms with E-state index in [1.165, 1.54) is 116 Å². The van der Waals surface area contributed by atoms with Crippen molar-refractivity contribution >= 4 is 17.9 Å². The summed E-state index contributed by atoms with van der Waals surface area (Å²) in [6, 6.07) is 0. The molecule has 0 heterocycles. The predicted octanol–water partition coefficient (Wildman–Crippen LogP) is 20.1. The molecule has 0 radical (unpaired) electrons. The van der Waals surface area contributed by atoms with Gasteiger partial charge in [0.15, 0.2) is 6.10 Å². The molecule has 0 aliphatic carbocycles. The van der Waals surface area contributed by atoms with Gasteiger partial charge in [-0.3, -0.25) is 14.4 Å². The van der Waals surface area contributed by atoms with E-state index >= 15 is 0 Å². The highest BCUT2D eigenvalue weighted by Gasteiger charge is 2.19. The SMILES string of the molecule is CC/C=C\C/C=C\C/C=C\C/C=C\C/C=C\C/C=C\C/C=C\CCCCCCCCCC(=O)OCC(COC(=O)CCCCCCCCCC)OC(=O)CCCCCCC/C=C\CCCCCCCCC. The summed E-state index contributed by atoms with van der Waals surface area (Å²) in [6.45, 7) is 6.49. The molecule has 0 rings (SSSR count). The number of hydrogen-bond donors (Lipinski definition) is 0. The fourth-order valence-corrected chi connectivity index (χ4v) is 8.12. The maximum absolute atomic E-state index is 12.8. The maximum atomic E-state index is 12.8. The first kappa shape index (κ1) is 67.3. The molecule has 0 N–H and O–H groups in total. The van der Waals surface area contributed by atoms with Crippen molar-refractivity contribution in [2.24, 2.45) is 0 Å². The van der Waals surface area contributed by atoms with Crippen LogP contribution in [0.25, 0.3) is 0 Å². The highest BCUT2D eigenvalue weighted by molar-refractivity contribution is 5.71. The summed E-state index contributed by atoms with van der Waals surface area (Å²) in [4.78, 5) is 38.0. The fourth-order valence-electron chi connectivity index (χ4n) is 8.12. The number of carbonyl (C=O) groups is 3. The summed E-state index contributed by atoms with van der Waals surface area (Å²) in [5.41, 5.74) is 0. The van der Waals surface area contributed by atoms with Crippen LogP contribution in [0.2, 0.25) is 0 Å². The largest absolute Gasteiger partial charge is 0.462 e. The van der Waals surface area contributed by atoms with Gasteiger partial charge in [-0.15, -0.1) is 0 Å². The Morgan fingerprint density at radius 1 is 0.296 bits per heavy atom. The Kier molecular flexibility index (Phi) is 55.9. The van der Waals surface area contributed by atoms with Crippen LogP contribution in [0.3, 0.4) is 0 Å². The number of hydrogen-bond acceptors (Lipinski definition) is 6. The molecule has 0 aromatic heterocycles. The molecule has 0 saturated heterocycles. The van der Waals surface area contributed by atoms with E-state index in [1.54, 1.807) is 0 Å². The van der Waals surface area contributed by atoms with E-state index in [4.69, 9.17) is 14.2 Å². The first-order valence-electron chi connectivity index (χ1n) is 29.7. The van der Waals surface area contributed by atoms with Crippen LogP contribution in [0.1, 0.15) is 278 Å². The van der Waals surface area contributed by atoms with Gasteiger partial charge < -0.3 is 14.2 Å². The van der Waals surface area contributed by atoms with Crippen molar-refractivity contribution in [2.45, 2.75) is 284 Å². The summed E-state index contributed by atoms with van der Waals surface area (Å²) in [6.07, 6.45) is 78.4. The molecule has 0 spiro atoms. The number of carbonyl (C=O) groups excluding carboxylic acids is 3. The number of rotatable bonds is 53. The molecule has 1 atom stereocenters. The van der Waals surface area contributed by atoms with Gasteiger partial charge in [-0.25, -0.2) is 0 Å². The molecule has 0 saturated carbocycles. The van der Waals surface area contributed by atoms with Gasteiger partial charge in [0.2, 0.25) is 0 Å². The number of unbranched alkanes of at least 4 members (excludes halogenated alkanes) is 26. The van der Waals surface area contributed by atoms with E-state index in [-0.39, 0.29) is 31.1 Å². The fraction of sp³-hybridized carbons (Fsp3) is 0.708. The van der Waals surface area contributed by atoms with Crippen LogP contribution < -0.4 is 0 Å². The lowest BCUT2D eigenvalue weighted by Gasteiger charge is -2.18. The van der Waals surface area contributed by atoms with Crippen molar-refractivity contribution in [1.29, 1.82) is 0 Å². The summed E-state index contributed by atoms with van der Waals surface area (Å²) >= 11 is 0. The second-order valence-electron chi connectivity index (χ2n) is 19.5. The molecule has 0 aromatic carbocycles.